The highest BCUT2D eigenvalue weighted by atomic mass is 32.1. The predicted molar refractivity (Wildman–Crippen MR) is 132 cm³/mol. The molecule has 5 nitrogen and oxygen atoms in total. The fourth-order valence-corrected chi connectivity index (χ4v) is 5.25. The summed E-state index contributed by atoms with van der Waals surface area (Å²) < 4.78 is 33.7. The molecule has 1 atom stereocenters. The second-order valence-corrected chi connectivity index (χ2v) is 9.98. The van der Waals surface area contributed by atoms with Crippen LogP contribution < -0.4 is 4.74 Å². The Bertz CT molecular complexity index is 1200. The van der Waals surface area contributed by atoms with Crippen molar-refractivity contribution in [3.8, 4) is 5.75 Å². The number of thiophene rings is 1. The number of ether oxygens (including phenoxy) is 1. The zero-order valence-electron chi connectivity index (χ0n) is 19.7. The van der Waals surface area contributed by atoms with E-state index >= 15 is 0 Å². The zero-order valence-corrected chi connectivity index (χ0v) is 20.6. The minimum Gasteiger partial charge on any atom is -0.488 e. The van der Waals surface area contributed by atoms with Gasteiger partial charge in [-0.05, 0) is 59.7 Å². The van der Waals surface area contributed by atoms with E-state index in [1.54, 1.807) is 40.5 Å². The van der Waals surface area contributed by atoms with Crippen LogP contribution in [0, 0.1) is 17.6 Å². The van der Waals surface area contributed by atoms with Crippen molar-refractivity contribution in [3.05, 3.63) is 87.6 Å². The monoisotopic (exact) mass is 498 g/mol. The maximum atomic E-state index is 14.1. The first kappa shape index (κ1) is 24.9. The summed E-state index contributed by atoms with van der Waals surface area (Å²) >= 11 is 1.63. The van der Waals surface area contributed by atoms with Crippen LogP contribution in [0.3, 0.4) is 0 Å². The number of halogens is 2. The van der Waals surface area contributed by atoms with Crippen molar-refractivity contribution in [2.24, 2.45) is 5.92 Å². The van der Waals surface area contributed by atoms with E-state index in [1.807, 2.05) is 25.3 Å². The van der Waals surface area contributed by atoms with Gasteiger partial charge in [0.05, 0.1) is 6.04 Å². The lowest BCUT2D eigenvalue weighted by Gasteiger charge is -2.37. The summed E-state index contributed by atoms with van der Waals surface area (Å²) in [7, 11) is 0. The average Bonchev–Trinajstić information content (AvgIpc) is 3.31. The molecular weight excluding hydrogens is 470 g/mol. The number of carbonyl (C=O) groups excluding carboxylic acids is 2. The fourth-order valence-electron chi connectivity index (χ4n) is 4.32. The molecule has 0 aliphatic carbocycles. The van der Waals surface area contributed by atoms with Crippen molar-refractivity contribution in [1.82, 2.24) is 9.80 Å². The molecule has 3 aromatic rings. The van der Waals surface area contributed by atoms with Crippen LogP contribution in [-0.2, 0) is 11.2 Å². The molecule has 35 heavy (non-hydrogen) atoms. The van der Waals surface area contributed by atoms with Gasteiger partial charge in [0, 0.05) is 23.5 Å². The zero-order chi connectivity index (χ0) is 24.9. The SMILES string of the molecule is CC(C)CN(CC(=O)N1CCc2sccc2[C@H]1COc1ccccc1F)C(=O)c1cccc(F)c1. The van der Waals surface area contributed by atoms with Crippen LogP contribution in [0.4, 0.5) is 8.78 Å². The molecular formula is C27H28F2N2O3S. The normalized spacial score (nSPS) is 15.1. The summed E-state index contributed by atoms with van der Waals surface area (Å²) in [6.45, 7) is 4.71. The number of para-hydroxylation sites is 1. The average molecular weight is 499 g/mol. The number of rotatable bonds is 8. The van der Waals surface area contributed by atoms with E-state index in [4.69, 9.17) is 4.74 Å². The molecule has 0 unspecified atom stereocenters. The molecule has 1 aromatic heterocycles. The first-order valence-corrected chi connectivity index (χ1v) is 12.5. The molecule has 0 fully saturated rings. The van der Waals surface area contributed by atoms with Crippen LogP contribution in [0.15, 0.2) is 60.0 Å². The van der Waals surface area contributed by atoms with Gasteiger partial charge in [-0.25, -0.2) is 8.78 Å². The maximum Gasteiger partial charge on any atom is 0.254 e. The smallest absolute Gasteiger partial charge is 0.254 e. The highest BCUT2D eigenvalue weighted by Crippen LogP contribution is 2.34. The Morgan fingerprint density at radius 3 is 2.69 bits per heavy atom. The Morgan fingerprint density at radius 1 is 1.14 bits per heavy atom. The van der Waals surface area contributed by atoms with E-state index < -0.39 is 17.7 Å². The summed E-state index contributed by atoms with van der Waals surface area (Å²) in [4.78, 5) is 31.1. The predicted octanol–water partition coefficient (Wildman–Crippen LogP) is 5.33. The molecule has 184 valence electrons. The Labute approximate surface area is 207 Å². The largest absolute Gasteiger partial charge is 0.488 e. The minimum absolute atomic E-state index is 0.0957. The van der Waals surface area contributed by atoms with Gasteiger partial charge in [0.25, 0.3) is 5.91 Å². The lowest BCUT2D eigenvalue weighted by molar-refractivity contribution is -0.135. The lowest BCUT2D eigenvalue weighted by atomic mass is 10.00. The third-order valence-corrected chi connectivity index (χ3v) is 6.92. The summed E-state index contributed by atoms with van der Waals surface area (Å²) in [6, 6.07) is 13.2. The van der Waals surface area contributed by atoms with Crippen LogP contribution in [0.2, 0.25) is 0 Å². The molecule has 1 aliphatic rings. The van der Waals surface area contributed by atoms with Gasteiger partial charge in [-0.3, -0.25) is 9.59 Å². The summed E-state index contributed by atoms with van der Waals surface area (Å²) in [5.74, 6) is -1.34. The highest BCUT2D eigenvalue weighted by Gasteiger charge is 2.34. The maximum absolute atomic E-state index is 14.1. The van der Waals surface area contributed by atoms with Crippen LogP contribution in [-0.4, -0.2) is 47.9 Å². The molecule has 0 saturated heterocycles. The minimum atomic E-state index is -0.502. The molecule has 0 radical (unpaired) electrons. The number of hydrogen-bond acceptors (Lipinski definition) is 4. The Kier molecular flexibility index (Phi) is 7.80. The lowest BCUT2D eigenvalue weighted by Crippen LogP contribution is -2.48. The van der Waals surface area contributed by atoms with Crippen molar-refractivity contribution < 1.29 is 23.1 Å². The quantitative estimate of drug-likeness (QED) is 0.422. The fraction of sp³-hybridized carbons (Fsp3) is 0.333. The molecule has 1 aliphatic heterocycles. The van der Waals surface area contributed by atoms with Crippen molar-refractivity contribution in [2.75, 3.05) is 26.2 Å². The number of carbonyl (C=O) groups is 2. The van der Waals surface area contributed by atoms with E-state index in [2.05, 4.69) is 0 Å². The van der Waals surface area contributed by atoms with Crippen LogP contribution in [0.1, 0.15) is 40.7 Å². The number of hydrogen-bond donors (Lipinski definition) is 0. The van der Waals surface area contributed by atoms with Gasteiger partial charge < -0.3 is 14.5 Å². The Morgan fingerprint density at radius 2 is 1.94 bits per heavy atom. The van der Waals surface area contributed by atoms with Crippen molar-refractivity contribution in [3.63, 3.8) is 0 Å². The number of nitrogens with zero attached hydrogens (tertiary/aromatic N) is 2. The van der Waals surface area contributed by atoms with Gasteiger partial charge in [0.2, 0.25) is 5.91 Å². The van der Waals surface area contributed by atoms with Gasteiger partial charge in [0.1, 0.15) is 19.0 Å². The van der Waals surface area contributed by atoms with Gasteiger partial charge in [-0.2, -0.15) is 0 Å². The summed E-state index contributed by atoms with van der Waals surface area (Å²) in [5.41, 5.74) is 1.19. The van der Waals surface area contributed by atoms with E-state index in [9.17, 15) is 18.4 Å². The van der Waals surface area contributed by atoms with E-state index in [0.717, 1.165) is 5.56 Å². The molecule has 0 N–H and O–H groups in total. The topological polar surface area (TPSA) is 49.9 Å². The van der Waals surface area contributed by atoms with E-state index in [1.165, 1.54) is 34.0 Å². The van der Waals surface area contributed by atoms with Gasteiger partial charge in [0.15, 0.2) is 11.6 Å². The molecule has 0 spiro atoms. The second-order valence-electron chi connectivity index (χ2n) is 8.98. The molecule has 2 heterocycles. The standard InChI is InChI=1S/C27H28F2N2O3S/c1-18(2)15-30(27(33)19-6-5-7-20(28)14-19)16-26(32)31-12-10-25-21(11-13-35-25)23(31)17-34-24-9-4-3-8-22(24)29/h3-9,11,13-14,18,23H,10,12,15-17H2,1-2H3/t23-/m1/s1. The van der Waals surface area contributed by atoms with Crippen molar-refractivity contribution >= 4 is 23.2 Å². The number of fused-ring (bicyclic) bond motifs is 1. The van der Waals surface area contributed by atoms with Crippen LogP contribution in [0.25, 0.3) is 0 Å². The third-order valence-electron chi connectivity index (χ3n) is 5.92. The van der Waals surface area contributed by atoms with Crippen LogP contribution in [0.5, 0.6) is 5.75 Å². The highest BCUT2D eigenvalue weighted by molar-refractivity contribution is 7.10. The molecule has 4 rings (SSSR count). The van der Waals surface area contributed by atoms with Crippen LogP contribution >= 0.6 is 11.3 Å². The van der Waals surface area contributed by atoms with Gasteiger partial charge in [-0.15, -0.1) is 11.3 Å². The Balaban J connectivity index is 1.55. The Hall–Kier alpha value is -3.26. The first-order valence-electron chi connectivity index (χ1n) is 11.6. The van der Waals surface area contributed by atoms with Crippen molar-refractivity contribution in [2.45, 2.75) is 26.3 Å². The van der Waals surface area contributed by atoms with Gasteiger partial charge >= 0.3 is 0 Å². The molecule has 0 bridgehead atoms. The number of amides is 2. The molecule has 8 heteroatoms. The second kappa shape index (κ2) is 11.0. The molecule has 2 aromatic carbocycles. The third kappa shape index (κ3) is 5.88. The molecule has 2 amide bonds. The summed E-state index contributed by atoms with van der Waals surface area (Å²) in [6.07, 6.45) is 0.705. The summed E-state index contributed by atoms with van der Waals surface area (Å²) in [5, 5.41) is 1.98. The first-order chi connectivity index (χ1) is 16.8. The van der Waals surface area contributed by atoms with Crippen molar-refractivity contribution in [1.29, 1.82) is 0 Å². The number of benzene rings is 2. The van der Waals surface area contributed by atoms with Gasteiger partial charge in [-0.1, -0.05) is 32.0 Å². The van der Waals surface area contributed by atoms with E-state index in [-0.39, 0.29) is 42.2 Å². The van der Waals surface area contributed by atoms with E-state index in [0.29, 0.717) is 19.5 Å². The molecule has 0 saturated carbocycles.